The van der Waals surface area contributed by atoms with Gasteiger partial charge in [-0.25, -0.2) is 0 Å². The molecule has 0 amide bonds. The molecule has 23 heavy (non-hydrogen) atoms. The van der Waals surface area contributed by atoms with E-state index in [1.807, 2.05) is 36.4 Å². The highest BCUT2D eigenvalue weighted by Gasteiger charge is 2.20. The number of para-hydroxylation sites is 1. The molecule has 3 heterocycles. The van der Waals surface area contributed by atoms with Gasteiger partial charge < -0.3 is 14.6 Å². The van der Waals surface area contributed by atoms with E-state index >= 15 is 0 Å². The quantitative estimate of drug-likeness (QED) is 0.798. The molecule has 1 aliphatic rings. The summed E-state index contributed by atoms with van der Waals surface area (Å²) in [5.74, 6) is 1.77. The van der Waals surface area contributed by atoms with Crippen LogP contribution in [0.1, 0.15) is 6.42 Å². The minimum atomic E-state index is 0.179. The molecule has 0 aliphatic carbocycles. The van der Waals surface area contributed by atoms with Crippen LogP contribution in [0.25, 0.3) is 22.8 Å². The number of hydrogen-bond acceptors (Lipinski definition) is 6. The van der Waals surface area contributed by atoms with Crippen molar-refractivity contribution in [1.82, 2.24) is 20.4 Å². The van der Waals surface area contributed by atoms with Crippen LogP contribution >= 0.6 is 0 Å². The third kappa shape index (κ3) is 2.93. The van der Waals surface area contributed by atoms with Gasteiger partial charge in [0.2, 0.25) is 5.82 Å². The topological polar surface area (TPSA) is 73.1 Å². The summed E-state index contributed by atoms with van der Waals surface area (Å²) in [6, 6.07) is 11.4. The molecule has 0 spiro atoms. The summed E-state index contributed by atoms with van der Waals surface area (Å²) in [5, 5.41) is 7.35. The molecule has 3 aromatic rings. The van der Waals surface area contributed by atoms with E-state index in [9.17, 15) is 0 Å². The van der Waals surface area contributed by atoms with Crippen molar-refractivity contribution in [2.45, 2.75) is 12.5 Å². The summed E-state index contributed by atoms with van der Waals surface area (Å²) in [6.07, 6.45) is 4.59. The number of nitrogens with zero attached hydrogens (tertiary/aromatic N) is 3. The molecule has 1 aromatic carbocycles. The van der Waals surface area contributed by atoms with Crippen LogP contribution in [0.2, 0.25) is 0 Å². The van der Waals surface area contributed by atoms with Gasteiger partial charge in [0.15, 0.2) is 0 Å². The SMILES string of the molecule is c1ccc(-c2nc(-c3ccncc3)no2)c(O[C@@H]2CCNC2)c1. The lowest BCUT2D eigenvalue weighted by Gasteiger charge is -2.14. The average molecular weight is 308 g/mol. The molecular weight excluding hydrogens is 292 g/mol. The Morgan fingerprint density at radius 1 is 1.13 bits per heavy atom. The Kier molecular flexibility index (Phi) is 3.73. The highest BCUT2D eigenvalue weighted by atomic mass is 16.5. The zero-order chi connectivity index (χ0) is 15.5. The lowest BCUT2D eigenvalue weighted by molar-refractivity contribution is 0.223. The molecule has 116 valence electrons. The van der Waals surface area contributed by atoms with E-state index in [4.69, 9.17) is 9.26 Å². The van der Waals surface area contributed by atoms with Crippen LogP contribution in [0.5, 0.6) is 5.75 Å². The van der Waals surface area contributed by atoms with Gasteiger partial charge in [0.25, 0.3) is 5.89 Å². The van der Waals surface area contributed by atoms with Gasteiger partial charge in [-0.2, -0.15) is 4.98 Å². The van der Waals surface area contributed by atoms with Gasteiger partial charge >= 0.3 is 0 Å². The third-order valence-corrected chi connectivity index (χ3v) is 3.79. The van der Waals surface area contributed by atoms with Gasteiger partial charge in [-0.05, 0) is 37.2 Å². The Hall–Kier alpha value is -2.73. The van der Waals surface area contributed by atoms with Gasteiger partial charge in [-0.15, -0.1) is 0 Å². The molecule has 1 N–H and O–H groups in total. The minimum Gasteiger partial charge on any atom is -0.488 e. The standard InChI is InChI=1S/C17H16N4O2/c1-2-4-15(22-13-7-10-19-11-13)14(3-1)17-20-16(21-23-17)12-5-8-18-9-6-12/h1-6,8-9,13,19H,7,10-11H2/t13-/m1/s1. The number of pyridine rings is 1. The maximum Gasteiger partial charge on any atom is 0.262 e. The fraction of sp³-hybridized carbons (Fsp3) is 0.235. The van der Waals surface area contributed by atoms with Crippen molar-refractivity contribution in [3.8, 4) is 28.6 Å². The smallest absolute Gasteiger partial charge is 0.262 e. The van der Waals surface area contributed by atoms with Gasteiger partial charge in [0, 0.05) is 24.5 Å². The molecule has 1 saturated heterocycles. The first-order chi connectivity index (χ1) is 11.4. The van der Waals surface area contributed by atoms with E-state index in [1.54, 1.807) is 12.4 Å². The van der Waals surface area contributed by atoms with Crippen LogP contribution in [-0.2, 0) is 0 Å². The Morgan fingerprint density at radius 3 is 2.83 bits per heavy atom. The highest BCUT2D eigenvalue weighted by molar-refractivity contribution is 5.65. The molecule has 1 atom stereocenters. The Morgan fingerprint density at radius 2 is 2.00 bits per heavy atom. The first kappa shape index (κ1) is 13.9. The van der Waals surface area contributed by atoms with Crippen LogP contribution in [-0.4, -0.2) is 34.3 Å². The van der Waals surface area contributed by atoms with Crippen LogP contribution in [0.15, 0.2) is 53.3 Å². The van der Waals surface area contributed by atoms with E-state index < -0.39 is 0 Å². The second kappa shape index (κ2) is 6.18. The van der Waals surface area contributed by atoms with Gasteiger partial charge in [-0.1, -0.05) is 17.3 Å². The molecule has 6 nitrogen and oxygen atoms in total. The lowest BCUT2D eigenvalue weighted by atomic mass is 10.2. The van der Waals surface area contributed by atoms with Crippen molar-refractivity contribution in [3.05, 3.63) is 48.8 Å². The van der Waals surface area contributed by atoms with E-state index in [2.05, 4.69) is 20.4 Å². The molecule has 6 heteroatoms. The van der Waals surface area contributed by atoms with Gasteiger partial charge in [-0.3, -0.25) is 4.98 Å². The monoisotopic (exact) mass is 308 g/mol. The Balaban J connectivity index is 1.64. The first-order valence-electron chi connectivity index (χ1n) is 7.61. The molecule has 0 unspecified atom stereocenters. The summed E-state index contributed by atoms with van der Waals surface area (Å²) >= 11 is 0. The molecule has 4 rings (SSSR count). The van der Waals surface area contributed by atoms with Crippen LogP contribution < -0.4 is 10.1 Å². The van der Waals surface area contributed by atoms with Crippen molar-refractivity contribution >= 4 is 0 Å². The van der Waals surface area contributed by atoms with E-state index in [0.29, 0.717) is 11.7 Å². The van der Waals surface area contributed by atoms with E-state index in [-0.39, 0.29) is 6.10 Å². The van der Waals surface area contributed by atoms with Gasteiger partial charge in [0.05, 0.1) is 5.56 Å². The number of ether oxygens (including phenoxy) is 1. The minimum absolute atomic E-state index is 0.179. The summed E-state index contributed by atoms with van der Waals surface area (Å²) in [5.41, 5.74) is 1.68. The zero-order valence-corrected chi connectivity index (χ0v) is 12.5. The van der Waals surface area contributed by atoms with Crippen molar-refractivity contribution in [1.29, 1.82) is 0 Å². The second-order valence-corrected chi connectivity index (χ2v) is 5.39. The first-order valence-corrected chi connectivity index (χ1v) is 7.61. The number of aromatic nitrogens is 3. The van der Waals surface area contributed by atoms with Crippen molar-refractivity contribution in [2.75, 3.05) is 13.1 Å². The lowest BCUT2D eigenvalue weighted by Crippen LogP contribution is -2.19. The summed E-state index contributed by atoms with van der Waals surface area (Å²) in [4.78, 5) is 8.48. The number of nitrogens with one attached hydrogen (secondary N) is 1. The van der Waals surface area contributed by atoms with Crippen molar-refractivity contribution < 1.29 is 9.26 Å². The molecule has 0 bridgehead atoms. The number of hydrogen-bond donors (Lipinski definition) is 1. The van der Waals surface area contributed by atoms with Crippen molar-refractivity contribution in [3.63, 3.8) is 0 Å². The van der Waals surface area contributed by atoms with Crippen LogP contribution in [0.4, 0.5) is 0 Å². The third-order valence-electron chi connectivity index (χ3n) is 3.79. The average Bonchev–Trinajstić information content (AvgIpc) is 3.28. The normalized spacial score (nSPS) is 17.3. The zero-order valence-electron chi connectivity index (χ0n) is 12.5. The molecular formula is C17H16N4O2. The predicted octanol–water partition coefficient (Wildman–Crippen LogP) is 2.54. The second-order valence-electron chi connectivity index (χ2n) is 5.39. The van der Waals surface area contributed by atoms with Gasteiger partial charge in [0.1, 0.15) is 11.9 Å². The fourth-order valence-electron chi connectivity index (χ4n) is 2.61. The molecule has 1 fully saturated rings. The molecule has 0 saturated carbocycles. The highest BCUT2D eigenvalue weighted by Crippen LogP contribution is 2.31. The van der Waals surface area contributed by atoms with E-state index in [0.717, 1.165) is 36.4 Å². The molecule has 1 aliphatic heterocycles. The largest absolute Gasteiger partial charge is 0.488 e. The number of rotatable bonds is 4. The Labute approximate surface area is 133 Å². The maximum absolute atomic E-state index is 6.08. The van der Waals surface area contributed by atoms with E-state index in [1.165, 1.54) is 0 Å². The predicted molar refractivity (Wildman–Crippen MR) is 84.9 cm³/mol. The number of benzene rings is 1. The van der Waals surface area contributed by atoms with Crippen LogP contribution in [0, 0.1) is 0 Å². The van der Waals surface area contributed by atoms with Crippen LogP contribution in [0.3, 0.4) is 0 Å². The Bertz CT molecular complexity index is 782. The molecule has 0 radical (unpaired) electrons. The molecule has 2 aromatic heterocycles. The summed E-state index contributed by atoms with van der Waals surface area (Å²) in [7, 11) is 0. The summed E-state index contributed by atoms with van der Waals surface area (Å²) in [6.45, 7) is 1.85. The fourth-order valence-corrected chi connectivity index (χ4v) is 2.61. The summed E-state index contributed by atoms with van der Waals surface area (Å²) < 4.78 is 11.5. The van der Waals surface area contributed by atoms with Crippen molar-refractivity contribution in [2.24, 2.45) is 0 Å². The maximum atomic E-state index is 6.08.